The van der Waals surface area contributed by atoms with Crippen molar-refractivity contribution >= 4 is 28.0 Å². The Labute approximate surface area is 191 Å². The molecule has 2 amide bonds. The van der Waals surface area contributed by atoms with Gasteiger partial charge in [-0.05, 0) is 12.1 Å². The third-order valence-electron chi connectivity index (χ3n) is 5.16. The summed E-state index contributed by atoms with van der Waals surface area (Å²) in [5, 5.41) is 5.06. The van der Waals surface area contributed by atoms with E-state index < -0.39 is 0 Å². The number of thiazole rings is 1. The number of fused-ring (bicyclic) bond motifs is 1. The van der Waals surface area contributed by atoms with Crippen molar-refractivity contribution in [3.8, 4) is 17.0 Å². The first kappa shape index (κ1) is 21.9. The Hall–Kier alpha value is -3.36. The lowest BCUT2D eigenvalue weighted by Crippen LogP contribution is -2.38. The van der Waals surface area contributed by atoms with Crippen LogP contribution in [-0.2, 0) is 11.2 Å². The van der Waals surface area contributed by atoms with E-state index in [1.54, 1.807) is 36.5 Å². The molecule has 166 valence electrons. The molecule has 4 rings (SSSR count). The van der Waals surface area contributed by atoms with Crippen LogP contribution in [0.3, 0.4) is 0 Å². The second-order valence-corrected chi connectivity index (χ2v) is 8.10. The Bertz CT molecular complexity index is 1170. The number of methoxy groups -OCH3 is 2. The number of anilines is 1. The Balaban J connectivity index is 1.46. The summed E-state index contributed by atoms with van der Waals surface area (Å²) >= 11 is 1.61. The molecule has 0 unspecified atom stereocenters. The third-order valence-corrected chi connectivity index (χ3v) is 6.05. The fourth-order valence-corrected chi connectivity index (χ4v) is 4.33. The minimum atomic E-state index is -0.169. The zero-order valence-corrected chi connectivity index (χ0v) is 19.0. The maximum Gasteiger partial charge on any atom is 0.321 e. The van der Waals surface area contributed by atoms with E-state index in [-0.39, 0.29) is 6.03 Å². The third kappa shape index (κ3) is 5.09. The number of hydrogen-bond donors (Lipinski definition) is 1. The summed E-state index contributed by atoms with van der Waals surface area (Å²) in [7, 11) is 3.24. The molecule has 0 radical (unpaired) electrons. The topological polar surface area (TPSA) is 68.1 Å². The molecule has 0 aliphatic heterocycles. The van der Waals surface area contributed by atoms with E-state index >= 15 is 0 Å². The second-order valence-electron chi connectivity index (χ2n) is 7.26. The summed E-state index contributed by atoms with van der Waals surface area (Å²) in [6, 6.07) is 17.3. The molecule has 0 atom stereocenters. The molecule has 4 aromatic rings. The lowest BCUT2D eigenvalue weighted by Gasteiger charge is -2.23. The molecular weight excluding hydrogens is 424 g/mol. The Morgan fingerprint density at radius 3 is 2.75 bits per heavy atom. The van der Waals surface area contributed by atoms with Crippen molar-refractivity contribution in [2.75, 3.05) is 39.2 Å². The van der Waals surface area contributed by atoms with Gasteiger partial charge in [0.1, 0.15) is 5.75 Å². The highest BCUT2D eigenvalue weighted by molar-refractivity contribution is 7.15. The molecule has 32 heavy (non-hydrogen) atoms. The van der Waals surface area contributed by atoms with E-state index in [1.165, 1.54) is 0 Å². The summed E-state index contributed by atoms with van der Waals surface area (Å²) in [5.74, 6) is 0.696. The number of amides is 2. The van der Waals surface area contributed by atoms with Crippen LogP contribution in [0.5, 0.6) is 5.75 Å². The van der Waals surface area contributed by atoms with E-state index in [4.69, 9.17) is 14.5 Å². The van der Waals surface area contributed by atoms with Crippen LogP contribution >= 0.6 is 11.3 Å². The van der Waals surface area contributed by atoms with Crippen molar-refractivity contribution in [3.63, 3.8) is 0 Å². The Morgan fingerprint density at radius 1 is 1.12 bits per heavy atom. The molecular formula is C24H26N4O3S. The molecule has 7 nitrogen and oxygen atoms in total. The monoisotopic (exact) mass is 450 g/mol. The van der Waals surface area contributed by atoms with Gasteiger partial charge in [0.2, 0.25) is 0 Å². The van der Waals surface area contributed by atoms with Crippen molar-refractivity contribution in [1.29, 1.82) is 0 Å². The number of ether oxygens (including phenoxy) is 2. The summed E-state index contributed by atoms with van der Waals surface area (Å²) in [6.07, 6.45) is 2.77. The van der Waals surface area contributed by atoms with Gasteiger partial charge in [-0.1, -0.05) is 36.4 Å². The SMILES string of the molecule is COCCN(CCc1csc2nc(-c3ccccc3)cn12)C(=O)Nc1cccc(OC)c1. The highest BCUT2D eigenvalue weighted by Crippen LogP contribution is 2.24. The van der Waals surface area contributed by atoms with Gasteiger partial charge in [0.15, 0.2) is 4.96 Å². The number of imidazole rings is 1. The molecule has 0 spiro atoms. The lowest BCUT2D eigenvalue weighted by molar-refractivity contribution is 0.155. The molecule has 0 bridgehead atoms. The van der Waals surface area contributed by atoms with Crippen LogP contribution in [-0.4, -0.2) is 54.2 Å². The number of nitrogens with zero attached hydrogens (tertiary/aromatic N) is 3. The molecule has 0 fully saturated rings. The molecule has 8 heteroatoms. The molecule has 2 aromatic carbocycles. The molecule has 2 aromatic heterocycles. The smallest absolute Gasteiger partial charge is 0.321 e. The van der Waals surface area contributed by atoms with Gasteiger partial charge < -0.3 is 19.7 Å². The predicted octanol–water partition coefficient (Wildman–Crippen LogP) is 4.79. The lowest BCUT2D eigenvalue weighted by atomic mass is 10.2. The van der Waals surface area contributed by atoms with E-state index in [2.05, 4.69) is 33.4 Å². The van der Waals surface area contributed by atoms with Gasteiger partial charge in [0.05, 0.1) is 19.4 Å². The van der Waals surface area contributed by atoms with Gasteiger partial charge in [0.25, 0.3) is 0 Å². The zero-order valence-electron chi connectivity index (χ0n) is 18.2. The number of aromatic nitrogens is 2. The largest absolute Gasteiger partial charge is 0.497 e. The quantitative estimate of drug-likeness (QED) is 0.398. The number of rotatable bonds is 9. The summed E-state index contributed by atoms with van der Waals surface area (Å²) in [6.45, 7) is 1.52. The molecule has 1 N–H and O–H groups in total. The fourth-order valence-electron chi connectivity index (χ4n) is 3.43. The molecule has 0 aliphatic carbocycles. The predicted molar refractivity (Wildman–Crippen MR) is 128 cm³/mol. The minimum Gasteiger partial charge on any atom is -0.497 e. The van der Waals surface area contributed by atoms with Gasteiger partial charge >= 0.3 is 6.03 Å². The van der Waals surface area contributed by atoms with E-state index in [1.807, 2.05) is 36.4 Å². The zero-order chi connectivity index (χ0) is 22.3. The average Bonchev–Trinajstić information content (AvgIpc) is 3.41. The van der Waals surface area contributed by atoms with E-state index in [0.717, 1.165) is 21.9 Å². The van der Waals surface area contributed by atoms with Crippen molar-refractivity contribution in [3.05, 3.63) is 71.9 Å². The molecule has 0 aliphatic rings. The van der Waals surface area contributed by atoms with Crippen LogP contribution in [0, 0.1) is 0 Å². The van der Waals surface area contributed by atoms with Crippen LogP contribution in [0.4, 0.5) is 10.5 Å². The van der Waals surface area contributed by atoms with Crippen LogP contribution in [0.2, 0.25) is 0 Å². The van der Waals surface area contributed by atoms with E-state index in [0.29, 0.717) is 37.6 Å². The average molecular weight is 451 g/mol. The van der Waals surface area contributed by atoms with Gasteiger partial charge in [0, 0.05) is 61.2 Å². The van der Waals surface area contributed by atoms with Gasteiger partial charge in [-0.2, -0.15) is 0 Å². The number of carbonyl (C=O) groups is 1. The van der Waals surface area contributed by atoms with Crippen LogP contribution in [0.25, 0.3) is 16.2 Å². The van der Waals surface area contributed by atoms with Gasteiger partial charge in [-0.25, -0.2) is 9.78 Å². The first-order chi connectivity index (χ1) is 15.7. The fraction of sp³-hybridized carbons (Fsp3) is 0.250. The van der Waals surface area contributed by atoms with Crippen LogP contribution in [0.1, 0.15) is 5.69 Å². The van der Waals surface area contributed by atoms with E-state index in [9.17, 15) is 4.79 Å². The summed E-state index contributed by atoms with van der Waals surface area (Å²) < 4.78 is 12.6. The van der Waals surface area contributed by atoms with Gasteiger partial charge in [-0.15, -0.1) is 11.3 Å². The number of carbonyl (C=O) groups excluding carboxylic acids is 1. The highest BCUT2D eigenvalue weighted by atomic mass is 32.1. The number of benzene rings is 2. The number of nitrogens with one attached hydrogen (secondary N) is 1. The maximum absolute atomic E-state index is 12.9. The summed E-state index contributed by atoms with van der Waals surface area (Å²) in [5.41, 5.74) is 3.85. The van der Waals surface area contributed by atoms with Crippen molar-refractivity contribution in [2.45, 2.75) is 6.42 Å². The highest BCUT2D eigenvalue weighted by Gasteiger charge is 2.16. The van der Waals surface area contributed by atoms with Crippen LogP contribution in [0.15, 0.2) is 66.2 Å². The van der Waals surface area contributed by atoms with Crippen molar-refractivity contribution in [2.24, 2.45) is 0 Å². The van der Waals surface area contributed by atoms with Crippen molar-refractivity contribution in [1.82, 2.24) is 14.3 Å². The standard InChI is InChI=1S/C24H26N4O3S/c1-30-14-13-27(23(29)25-19-9-6-10-21(15-19)31-2)12-11-20-17-32-24-26-22(16-28(20)24)18-7-4-3-5-8-18/h3-10,15-17H,11-14H2,1-2H3,(H,25,29). The molecule has 0 saturated heterocycles. The maximum atomic E-state index is 12.9. The molecule has 0 saturated carbocycles. The van der Waals surface area contributed by atoms with Crippen molar-refractivity contribution < 1.29 is 14.3 Å². The normalized spacial score (nSPS) is 10.9. The first-order valence-corrected chi connectivity index (χ1v) is 11.3. The number of hydrogen-bond acceptors (Lipinski definition) is 5. The first-order valence-electron chi connectivity index (χ1n) is 10.4. The Kier molecular flexibility index (Phi) is 7.03. The summed E-state index contributed by atoms with van der Waals surface area (Å²) in [4.78, 5) is 20.4. The Morgan fingerprint density at radius 2 is 1.97 bits per heavy atom. The minimum absolute atomic E-state index is 0.169. The number of urea groups is 1. The van der Waals surface area contributed by atoms with Crippen LogP contribution < -0.4 is 10.1 Å². The van der Waals surface area contributed by atoms with Gasteiger partial charge in [-0.3, -0.25) is 4.40 Å². The molecule has 2 heterocycles. The second kappa shape index (κ2) is 10.3.